The van der Waals surface area contributed by atoms with Crippen molar-refractivity contribution in [1.82, 2.24) is 0 Å². The molecule has 0 fully saturated rings. The highest BCUT2D eigenvalue weighted by Gasteiger charge is 2.20. The molecule has 1 amide bonds. The summed E-state index contributed by atoms with van der Waals surface area (Å²) in [5.41, 5.74) is 0.557. The number of sulfonamides is 1. The molecule has 0 bridgehead atoms. The Hall–Kier alpha value is -3.96. The maximum atomic E-state index is 12.6. The van der Waals surface area contributed by atoms with E-state index in [1.54, 1.807) is 30.3 Å². The molecule has 0 heterocycles. The van der Waals surface area contributed by atoms with E-state index in [9.17, 15) is 18.0 Å². The van der Waals surface area contributed by atoms with Crippen molar-refractivity contribution in [2.75, 3.05) is 38.0 Å². The molecule has 0 aliphatic carbocycles. The van der Waals surface area contributed by atoms with Gasteiger partial charge in [0.05, 0.1) is 42.5 Å². The van der Waals surface area contributed by atoms with E-state index in [2.05, 4.69) is 10.0 Å². The van der Waals surface area contributed by atoms with Gasteiger partial charge in [-0.2, -0.15) is 0 Å². The van der Waals surface area contributed by atoms with Gasteiger partial charge in [0, 0.05) is 17.8 Å². The molecule has 12 heteroatoms. The van der Waals surface area contributed by atoms with Gasteiger partial charge in [-0.05, 0) is 30.3 Å². The number of hydrogen-bond acceptors (Lipinski definition) is 8. The highest BCUT2D eigenvalue weighted by atomic mass is 35.5. The van der Waals surface area contributed by atoms with Gasteiger partial charge in [-0.3, -0.25) is 9.52 Å². The molecule has 0 saturated heterocycles. The van der Waals surface area contributed by atoms with Crippen molar-refractivity contribution < 1.29 is 37.0 Å². The van der Waals surface area contributed by atoms with Crippen LogP contribution in [0.25, 0.3) is 0 Å². The average molecular weight is 535 g/mol. The number of para-hydroxylation sites is 1. The van der Waals surface area contributed by atoms with E-state index in [1.165, 1.54) is 51.7 Å². The van der Waals surface area contributed by atoms with Gasteiger partial charge in [-0.25, -0.2) is 13.2 Å². The van der Waals surface area contributed by atoms with Crippen molar-refractivity contribution >= 4 is 44.9 Å². The van der Waals surface area contributed by atoms with Gasteiger partial charge in [-0.15, -0.1) is 0 Å². The van der Waals surface area contributed by atoms with Gasteiger partial charge in [-0.1, -0.05) is 29.8 Å². The molecule has 0 spiro atoms. The number of amides is 1. The van der Waals surface area contributed by atoms with Crippen LogP contribution >= 0.6 is 11.6 Å². The standard InChI is InChI=1S/C24H23ClN2O8S/c1-32-21-12-17(24(29)34-3)19(13-22(21)33-2)26-23(28)14-35-20-10-9-16(11-18(20)25)36(30,31)27-15-7-5-4-6-8-15/h4-13,27H,14H2,1-3H3,(H,26,28). The summed E-state index contributed by atoms with van der Waals surface area (Å²) in [4.78, 5) is 24.6. The lowest BCUT2D eigenvalue weighted by molar-refractivity contribution is -0.118. The van der Waals surface area contributed by atoms with E-state index in [-0.39, 0.29) is 38.4 Å². The maximum Gasteiger partial charge on any atom is 0.340 e. The van der Waals surface area contributed by atoms with Crippen LogP contribution in [-0.4, -0.2) is 48.2 Å². The SMILES string of the molecule is COC(=O)c1cc(OC)c(OC)cc1NC(=O)COc1ccc(S(=O)(=O)Nc2ccccc2)cc1Cl. The van der Waals surface area contributed by atoms with Crippen LogP contribution in [0, 0.1) is 0 Å². The molecule has 0 saturated carbocycles. The first-order chi connectivity index (χ1) is 17.2. The Morgan fingerprint density at radius 2 is 1.56 bits per heavy atom. The van der Waals surface area contributed by atoms with E-state index in [0.29, 0.717) is 5.69 Å². The predicted octanol–water partition coefficient (Wildman–Crippen LogP) is 3.96. The zero-order valence-electron chi connectivity index (χ0n) is 19.5. The normalized spacial score (nSPS) is 10.8. The second-order valence-corrected chi connectivity index (χ2v) is 9.23. The van der Waals surface area contributed by atoms with Crippen molar-refractivity contribution in [1.29, 1.82) is 0 Å². The fourth-order valence-electron chi connectivity index (χ4n) is 3.08. The minimum atomic E-state index is -3.89. The molecule has 0 aromatic heterocycles. The highest BCUT2D eigenvalue weighted by molar-refractivity contribution is 7.92. The number of carbonyl (C=O) groups excluding carboxylic acids is 2. The lowest BCUT2D eigenvalue weighted by Crippen LogP contribution is -2.22. The summed E-state index contributed by atoms with van der Waals surface area (Å²) < 4.78 is 48.3. The van der Waals surface area contributed by atoms with Crippen LogP contribution < -0.4 is 24.2 Å². The molecule has 0 aliphatic heterocycles. The number of carbonyl (C=O) groups is 2. The molecule has 0 atom stereocenters. The summed E-state index contributed by atoms with van der Waals surface area (Å²) in [7, 11) is 0.130. The number of halogens is 1. The third-order valence-electron chi connectivity index (χ3n) is 4.80. The van der Waals surface area contributed by atoms with Crippen LogP contribution in [0.2, 0.25) is 5.02 Å². The van der Waals surface area contributed by atoms with E-state index >= 15 is 0 Å². The zero-order valence-corrected chi connectivity index (χ0v) is 21.1. The van der Waals surface area contributed by atoms with Crippen molar-refractivity contribution in [3.63, 3.8) is 0 Å². The summed E-state index contributed by atoms with van der Waals surface area (Å²) >= 11 is 6.20. The minimum Gasteiger partial charge on any atom is -0.493 e. The van der Waals surface area contributed by atoms with E-state index in [4.69, 9.17) is 30.5 Å². The summed E-state index contributed by atoms with van der Waals surface area (Å²) in [5.74, 6) is -0.672. The first-order valence-electron chi connectivity index (χ1n) is 10.3. The molecule has 36 heavy (non-hydrogen) atoms. The Morgan fingerprint density at radius 1 is 0.889 bits per heavy atom. The van der Waals surface area contributed by atoms with Crippen LogP contribution in [0.4, 0.5) is 11.4 Å². The monoisotopic (exact) mass is 534 g/mol. The molecule has 0 unspecified atom stereocenters. The lowest BCUT2D eigenvalue weighted by Gasteiger charge is -2.15. The number of ether oxygens (including phenoxy) is 4. The van der Waals surface area contributed by atoms with Crippen molar-refractivity contribution in [2.45, 2.75) is 4.90 Å². The number of esters is 1. The zero-order chi connectivity index (χ0) is 26.3. The van der Waals surface area contributed by atoms with Gasteiger partial charge in [0.25, 0.3) is 15.9 Å². The topological polar surface area (TPSA) is 129 Å². The number of methoxy groups -OCH3 is 3. The average Bonchev–Trinajstić information content (AvgIpc) is 2.87. The van der Waals surface area contributed by atoms with Gasteiger partial charge >= 0.3 is 5.97 Å². The van der Waals surface area contributed by atoms with Crippen LogP contribution in [-0.2, 0) is 19.6 Å². The molecule has 190 valence electrons. The molecular formula is C24H23ClN2O8S. The fraction of sp³-hybridized carbons (Fsp3) is 0.167. The number of rotatable bonds is 10. The highest BCUT2D eigenvalue weighted by Crippen LogP contribution is 2.34. The lowest BCUT2D eigenvalue weighted by atomic mass is 10.1. The summed E-state index contributed by atoms with van der Waals surface area (Å²) in [6.45, 7) is -0.483. The Morgan fingerprint density at radius 3 is 2.17 bits per heavy atom. The van der Waals surface area contributed by atoms with Gasteiger partial charge in [0.15, 0.2) is 18.1 Å². The first kappa shape index (κ1) is 26.6. The Bertz CT molecular complexity index is 1360. The number of anilines is 2. The van der Waals surface area contributed by atoms with Crippen LogP contribution in [0.3, 0.4) is 0 Å². The van der Waals surface area contributed by atoms with Crippen LogP contribution in [0.1, 0.15) is 10.4 Å². The van der Waals surface area contributed by atoms with E-state index < -0.39 is 28.5 Å². The van der Waals surface area contributed by atoms with Crippen molar-refractivity contribution in [2.24, 2.45) is 0 Å². The summed E-state index contributed by atoms with van der Waals surface area (Å²) in [5, 5.41) is 2.54. The number of hydrogen-bond donors (Lipinski definition) is 2. The van der Waals surface area contributed by atoms with Gasteiger partial charge in [0.1, 0.15) is 5.75 Å². The van der Waals surface area contributed by atoms with Crippen molar-refractivity contribution in [3.8, 4) is 17.2 Å². The Labute approximate surface area is 213 Å². The molecule has 10 nitrogen and oxygen atoms in total. The van der Waals surface area contributed by atoms with Crippen LogP contribution in [0.5, 0.6) is 17.2 Å². The summed E-state index contributed by atoms with van der Waals surface area (Å²) in [6, 6.07) is 15.0. The quantitative estimate of drug-likeness (QED) is 0.374. The fourth-order valence-corrected chi connectivity index (χ4v) is 4.46. The Kier molecular flexibility index (Phi) is 8.62. The molecule has 0 aliphatic rings. The molecule has 2 N–H and O–H groups in total. The van der Waals surface area contributed by atoms with Crippen LogP contribution in [0.15, 0.2) is 65.6 Å². The second kappa shape index (κ2) is 11.6. The first-order valence-corrected chi connectivity index (χ1v) is 12.2. The smallest absolute Gasteiger partial charge is 0.340 e. The van der Waals surface area contributed by atoms with Crippen molar-refractivity contribution in [3.05, 3.63) is 71.2 Å². The number of benzene rings is 3. The molecule has 3 aromatic carbocycles. The Balaban J connectivity index is 1.72. The minimum absolute atomic E-state index is 0.0138. The third-order valence-corrected chi connectivity index (χ3v) is 6.48. The molecule has 0 radical (unpaired) electrons. The molecular weight excluding hydrogens is 512 g/mol. The molecule has 3 aromatic rings. The van der Waals surface area contributed by atoms with E-state index in [1.807, 2.05) is 0 Å². The molecule has 3 rings (SSSR count). The van der Waals surface area contributed by atoms with Gasteiger partial charge in [0.2, 0.25) is 0 Å². The largest absolute Gasteiger partial charge is 0.493 e. The predicted molar refractivity (Wildman–Crippen MR) is 134 cm³/mol. The summed E-state index contributed by atoms with van der Waals surface area (Å²) in [6.07, 6.45) is 0. The third kappa shape index (κ3) is 6.37. The maximum absolute atomic E-state index is 12.6. The van der Waals surface area contributed by atoms with Gasteiger partial charge < -0.3 is 24.3 Å². The van der Waals surface area contributed by atoms with E-state index in [0.717, 1.165) is 0 Å². The second-order valence-electron chi connectivity index (χ2n) is 7.14. The number of nitrogens with one attached hydrogen (secondary N) is 2.